The minimum absolute atomic E-state index is 0.111. The first-order valence-corrected chi connectivity index (χ1v) is 4.80. The monoisotopic (exact) mass is 199 g/mol. The van der Waals surface area contributed by atoms with Crippen molar-refractivity contribution in [2.45, 2.75) is 6.42 Å². The van der Waals surface area contributed by atoms with E-state index in [1.807, 2.05) is 24.3 Å². The van der Waals surface area contributed by atoms with Gasteiger partial charge in [-0.1, -0.05) is 6.08 Å². The van der Waals surface area contributed by atoms with Crippen LogP contribution in [-0.2, 0) is 4.79 Å². The first-order valence-electron chi connectivity index (χ1n) is 4.80. The summed E-state index contributed by atoms with van der Waals surface area (Å²) in [5, 5.41) is 0. The molecule has 0 saturated heterocycles. The van der Waals surface area contributed by atoms with Crippen LogP contribution >= 0.6 is 0 Å². The smallest absolute Gasteiger partial charge is 0.185 e. The fourth-order valence-corrected chi connectivity index (χ4v) is 1.97. The molecule has 0 radical (unpaired) electrons. The number of benzene rings is 1. The van der Waals surface area contributed by atoms with E-state index in [1.54, 1.807) is 7.11 Å². The summed E-state index contributed by atoms with van der Waals surface area (Å²) < 4.78 is 5.15. The van der Waals surface area contributed by atoms with Crippen molar-refractivity contribution in [3.05, 3.63) is 29.8 Å². The molecule has 15 heavy (non-hydrogen) atoms. The summed E-state index contributed by atoms with van der Waals surface area (Å²) in [6.45, 7) is 0. The maximum atomic E-state index is 11.5. The number of fused-ring (bicyclic) bond motifs is 3. The van der Waals surface area contributed by atoms with Gasteiger partial charge in [0.1, 0.15) is 11.5 Å². The number of Topliss-reactive ketones (excluding diaryl/α,β-unsaturated/α-hetero) is 1. The molecule has 1 aliphatic carbocycles. The minimum atomic E-state index is 0.111. The molecular formula is C12H9NO2. The maximum Gasteiger partial charge on any atom is 0.185 e. The summed E-state index contributed by atoms with van der Waals surface area (Å²) in [7, 11) is 1.63. The van der Waals surface area contributed by atoms with Gasteiger partial charge in [0.15, 0.2) is 5.78 Å². The number of ketones is 1. The third-order valence-corrected chi connectivity index (χ3v) is 2.74. The van der Waals surface area contributed by atoms with Crippen LogP contribution in [0.2, 0.25) is 0 Å². The lowest BCUT2D eigenvalue weighted by atomic mass is 10.1. The van der Waals surface area contributed by atoms with Gasteiger partial charge < -0.3 is 4.74 Å². The van der Waals surface area contributed by atoms with Gasteiger partial charge in [0.05, 0.1) is 12.8 Å². The van der Waals surface area contributed by atoms with Gasteiger partial charge in [-0.15, -0.1) is 0 Å². The van der Waals surface area contributed by atoms with Gasteiger partial charge in [0, 0.05) is 17.6 Å². The molecule has 3 nitrogen and oxygen atoms in total. The molecule has 0 N–H and O–H groups in total. The molecule has 0 bridgehead atoms. The van der Waals surface area contributed by atoms with Gasteiger partial charge >= 0.3 is 0 Å². The summed E-state index contributed by atoms with van der Waals surface area (Å²) in [4.78, 5) is 15.8. The molecule has 3 rings (SSSR count). The first-order chi connectivity index (χ1) is 7.29. The van der Waals surface area contributed by atoms with E-state index in [2.05, 4.69) is 4.99 Å². The molecule has 2 aliphatic rings. The second-order valence-electron chi connectivity index (χ2n) is 3.59. The quantitative estimate of drug-likeness (QED) is 0.695. The van der Waals surface area contributed by atoms with Gasteiger partial charge in [-0.25, -0.2) is 4.99 Å². The molecule has 0 unspecified atom stereocenters. The lowest BCUT2D eigenvalue weighted by molar-refractivity contribution is -0.111. The van der Waals surface area contributed by atoms with E-state index in [4.69, 9.17) is 4.74 Å². The van der Waals surface area contributed by atoms with Crippen LogP contribution in [0.25, 0.3) is 5.57 Å². The van der Waals surface area contributed by atoms with Crippen LogP contribution in [0.3, 0.4) is 0 Å². The molecule has 3 heteroatoms. The third kappa shape index (κ3) is 1.06. The van der Waals surface area contributed by atoms with Gasteiger partial charge in [-0.05, 0) is 18.2 Å². The Morgan fingerprint density at radius 3 is 3.07 bits per heavy atom. The fourth-order valence-electron chi connectivity index (χ4n) is 1.97. The van der Waals surface area contributed by atoms with Crippen molar-refractivity contribution in [3.8, 4) is 5.75 Å². The van der Waals surface area contributed by atoms with E-state index in [0.717, 1.165) is 22.6 Å². The Kier molecular flexibility index (Phi) is 1.57. The fraction of sp³-hybridized carbons (Fsp3) is 0.167. The highest BCUT2D eigenvalue weighted by Crippen LogP contribution is 2.40. The zero-order valence-electron chi connectivity index (χ0n) is 8.28. The predicted molar refractivity (Wildman–Crippen MR) is 57.7 cm³/mol. The number of carbonyl (C=O) groups excluding carboxylic acids is 1. The van der Waals surface area contributed by atoms with Crippen LogP contribution in [0, 0.1) is 0 Å². The first kappa shape index (κ1) is 8.41. The molecule has 1 aromatic rings. The molecule has 1 heterocycles. The van der Waals surface area contributed by atoms with Gasteiger partial charge in [-0.3, -0.25) is 4.79 Å². The van der Waals surface area contributed by atoms with Crippen molar-refractivity contribution in [1.29, 1.82) is 0 Å². The van der Waals surface area contributed by atoms with Crippen molar-refractivity contribution in [1.82, 2.24) is 0 Å². The summed E-state index contributed by atoms with van der Waals surface area (Å²) >= 11 is 0. The zero-order valence-corrected chi connectivity index (χ0v) is 8.28. The second-order valence-corrected chi connectivity index (χ2v) is 3.59. The number of methoxy groups -OCH3 is 1. The number of ether oxygens (including phenoxy) is 1. The lowest BCUT2D eigenvalue weighted by Gasteiger charge is -2.02. The van der Waals surface area contributed by atoms with Crippen LogP contribution in [0.1, 0.15) is 12.0 Å². The van der Waals surface area contributed by atoms with Crippen LogP contribution in [-0.4, -0.2) is 18.6 Å². The number of aliphatic imine (C=N–C) groups is 1. The molecule has 1 aromatic carbocycles. The third-order valence-electron chi connectivity index (χ3n) is 2.74. The van der Waals surface area contributed by atoms with Gasteiger partial charge in [0.25, 0.3) is 0 Å². The number of nitrogens with zero attached hydrogens (tertiary/aromatic N) is 1. The van der Waals surface area contributed by atoms with Crippen LogP contribution < -0.4 is 4.74 Å². The van der Waals surface area contributed by atoms with Crippen LogP contribution in [0.5, 0.6) is 5.75 Å². The predicted octanol–water partition coefficient (Wildman–Crippen LogP) is 2.14. The Hall–Kier alpha value is -1.90. The van der Waals surface area contributed by atoms with Crippen molar-refractivity contribution >= 4 is 22.8 Å². The molecule has 0 spiro atoms. The molecule has 1 aliphatic heterocycles. The number of allylic oxidation sites excluding steroid dienone is 2. The zero-order chi connectivity index (χ0) is 10.4. The van der Waals surface area contributed by atoms with Gasteiger partial charge in [0.2, 0.25) is 0 Å². The number of rotatable bonds is 1. The largest absolute Gasteiger partial charge is 0.497 e. The maximum absolute atomic E-state index is 11.5. The average Bonchev–Trinajstić information content (AvgIpc) is 2.78. The van der Waals surface area contributed by atoms with E-state index in [9.17, 15) is 4.79 Å². The highest BCUT2D eigenvalue weighted by Gasteiger charge is 2.30. The summed E-state index contributed by atoms with van der Waals surface area (Å²) in [5.41, 5.74) is 3.45. The number of hydrogen-bond acceptors (Lipinski definition) is 3. The molecular weight excluding hydrogens is 190 g/mol. The molecule has 0 atom stereocenters. The summed E-state index contributed by atoms with van der Waals surface area (Å²) in [6.07, 6.45) is 2.41. The number of hydrogen-bond donors (Lipinski definition) is 0. The van der Waals surface area contributed by atoms with E-state index in [0.29, 0.717) is 12.1 Å². The van der Waals surface area contributed by atoms with Crippen LogP contribution in [0.15, 0.2) is 29.3 Å². The highest BCUT2D eigenvalue weighted by molar-refractivity contribution is 6.61. The Labute approximate surface area is 87.1 Å². The Morgan fingerprint density at radius 1 is 1.40 bits per heavy atom. The second kappa shape index (κ2) is 2.79. The molecule has 0 aromatic heterocycles. The Bertz CT molecular complexity index is 526. The Morgan fingerprint density at radius 2 is 2.27 bits per heavy atom. The SMILES string of the molecule is COc1ccc2c(c1)C1=CCC(=O)C1=N2. The summed E-state index contributed by atoms with van der Waals surface area (Å²) in [5.74, 6) is 0.908. The van der Waals surface area contributed by atoms with E-state index in [-0.39, 0.29) is 5.78 Å². The topological polar surface area (TPSA) is 38.7 Å². The van der Waals surface area contributed by atoms with E-state index < -0.39 is 0 Å². The number of carbonyl (C=O) groups is 1. The van der Waals surface area contributed by atoms with Crippen molar-refractivity contribution in [2.75, 3.05) is 7.11 Å². The van der Waals surface area contributed by atoms with Crippen molar-refractivity contribution < 1.29 is 9.53 Å². The molecule has 74 valence electrons. The molecule has 0 amide bonds. The highest BCUT2D eigenvalue weighted by atomic mass is 16.5. The van der Waals surface area contributed by atoms with Crippen LogP contribution in [0.4, 0.5) is 5.69 Å². The Balaban J connectivity index is 2.18. The lowest BCUT2D eigenvalue weighted by Crippen LogP contribution is -2.04. The summed E-state index contributed by atoms with van der Waals surface area (Å²) in [6, 6.07) is 5.67. The van der Waals surface area contributed by atoms with E-state index in [1.165, 1.54) is 0 Å². The average molecular weight is 199 g/mol. The standard InChI is InChI=1S/C12H9NO2/c1-15-7-2-4-10-9(6-7)8-3-5-11(14)12(8)13-10/h2-4,6H,5H2,1H3. The van der Waals surface area contributed by atoms with Crippen molar-refractivity contribution in [2.24, 2.45) is 4.99 Å². The normalized spacial score (nSPS) is 17.0. The molecule has 0 fully saturated rings. The molecule has 0 saturated carbocycles. The van der Waals surface area contributed by atoms with Gasteiger partial charge in [-0.2, -0.15) is 0 Å². The van der Waals surface area contributed by atoms with Crippen molar-refractivity contribution in [3.63, 3.8) is 0 Å². The minimum Gasteiger partial charge on any atom is -0.497 e. The van der Waals surface area contributed by atoms with E-state index >= 15 is 0 Å².